The molecule has 1 aliphatic heterocycles. The van der Waals surface area contributed by atoms with Gasteiger partial charge < -0.3 is 4.90 Å². The van der Waals surface area contributed by atoms with Gasteiger partial charge in [-0.1, -0.05) is 0 Å². The molecule has 1 saturated carbocycles. The van der Waals surface area contributed by atoms with Crippen LogP contribution in [0.25, 0.3) is 0 Å². The van der Waals surface area contributed by atoms with Crippen molar-refractivity contribution in [3.8, 4) is 0 Å². The van der Waals surface area contributed by atoms with Crippen molar-refractivity contribution in [2.45, 2.75) is 31.3 Å². The van der Waals surface area contributed by atoms with Crippen LogP contribution in [0, 0.1) is 0 Å². The Balaban J connectivity index is 1.88. The number of aryl methyl sites for hydroxylation is 1. The van der Waals surface area contributed by atoms with E-state index in [-0.39, 0.29) is 29.5 Å². The zero-order chi connectivity index (χ0) is 14.5. The summed E-state index contributed by atoms with van der Waals surface area (Å²) in [4.78, 5) is 14.4. The van der Waals surface area contributed by atoms with Gasteiger partial charge in [0.05, 0.1) is 16.0 Å². The largest absolute Gasteiger partial charge is 0.330 e. The van der Waals surface area contributed by atoms with E-state index in [0.717, 1.165) is 12.8 Å². The lowest BCUT2D eigenvalue weighted by Crippen LogP contribution is -2.43. The molecule has 0 N–H and O–H groups in total. The van der Waals surface area contributed by atoms with E-state index in [1.807, 2.05) is 0 Å². The second-order valence-corrected chi connectivity index (χ2v) is 8.58. The van der Waals surface area contributed by atoms with Crippen LogP contribution in [0.2, 0.25) is 0 Å². The van der Waals surface area contributed by atoms with Crippen molar-refractivity contribution in [1.29, 1.82) is 0 Å². The predicted molar refractivity (Wildman–Crippen MR) is 77.2 cm³/mol. The Hall–Kier alpha value is -0.890. The first-order valence-corrected chi connectivity index (χ1v) is 9.21. The number of halogens is 1. The third kappa shape index (κ3) is 2.63. The number of hydrogen-bond acceptors (Lipinski definition) is 4. The summed E-state index contributed by atoms with van der Waals surface area (Å²) in [6.45, 7) is 0. The number of carbonyl (C=O) groups excluding carboxylic acids is 1. The van der Waals surface area contributed by atoms with Gasteiger partial charge in [0, 0.05) is 25.3 Å². The van der Waals surface area contributed by atoms with E-state index in [2.05, 4.69) is 21.0 Å². The topological polar surface area (TPSA) is 72.3 Å². The minimum atomic E-state index is -3.00. The number of nitrogens with zero attached hydrogens (tertiary/aromatic N) is 3. The predicted octanol–water partition coefficient (Wildman–Crippen LogP) is 0.974. The van der Waals surface area contributed by atoms with Gasteiger partial charge in [0.1, 0.15) is 0 Å². The van der Waals surface area contributed by atoms with Gasteiger partial charge in [0.15, 0.2) is 15.5 Å². The molecule has 2 fully saturated rings. The van der Waals surface area contributed by atoms with Crippen LogP contribution in [0.1, 0.15) is 29.8 Å². The molecule has 1 aliphatic carbocycles. The fourth-order valence-electron chi connectivity index (χ4n) is 2.70. The molecule has 2 heterocycles. The molecule has 3 rings (SSSR count). The number of amides is 1. The highest BCUT2D eigenvalue weighted by atomic mass is 79.9. The number of aromatic nitrogens is 2. The molecule has 0 bridgehead atoms. The van der Waals surface area contributed by atoms with Gasteiger partial charge in [-0.25, -0.2) is 8.42 Å². The maximum atomic E-state index is 12.7. The first-order chi connectivity index (χ1) is 9.37. The van der Waals surface area contributed by atoms with Gasteiger partial charge in [-0.3, -0.25) is 9.48 Å². The van der Waals surface area contributed by atoms with Crippen molar-refractivity contribution in [2.24, 2.45) is 7.05 Å². The van der Waals surface area contributed by atoms with Crippen LogP contribution >= 0.6 is 15.9 Å². The van der Waals surface area contributed by atoms with E-state index in [9.17, 15) is 13.2 Å². The first kappa shape index (κ1) is 14.1. The molecule has 1 unspecified atom stereocenters. The monoisotopic (exact) mass is 361 g/mol. The van der Waals surface area contributed by atoms with E-state index in [4.69, 9.17) is 0 Å². The van der Waals surface area contributed by atoms with E-state index in [1.54, 1.807) is 22.8 Å². The molecule has 0 aromatic carbocycles. The van der Waals surface area contributed by atoms with Gasteiger partial charge in [-0.15, -0.1) is 0 Å². The van der Waals surface area contributed by atoms with Crippen LogP contribution in [0.4, 0.5) is 0 Å². The lowest BCUT2D eigenvalue weighted by Gasteiger charge is -2.27. The molecule has 1 saturated heterocycles. The van der Waals surface area contributed by atoms with Gasteiger partial charge in [0.25, 0.3) is 5.91 Å². The van der Waals surface area contributed by atoms with Crippen molar-refractivity contribution >= 4 is 31.7 Å². The van der Waals surface area contributed by atoms with Crippen LogP contribution in [0.3, 0.4) is 0 Å². The Morgan fingerprint density at radius 1 is 1.40 bits per heavy atom. The van der Waals surface area contributed by atoms with Gasteiger partial charge >= 0.3 is 0 Å². The Morgan fingerprint density at radius 2 is 2.10 bits per heavy atom. The second-order valence-electron chi connectivity index (χ2n) is 5.50. The first-order valence-electron chi connectivity index (χ1n) is 6.59. The normalized spacial score (nSPS) is 24.8. The Labute approximate surface area is 126 Å². The molecule has 0 radical (unpaired) electrons. The van der Waals surface area contributed by atoms with E-state index in [1.165, 1.54) is 0 Å². The third-order valence-corrected chi connectivity index (χ3v) is 6.09. The Bertz CT molecular complexity index is 651. The molecule has 20 heavy (non-hydrogen) atoms. The fourth-order valence-corrected chi connectivity index (χ4v) is 4.96. The Morgan fingerprint density at radius 3 is 2.55 bits per heavy atom. The average Bonchev–Trinajstić information content (AvgIpc) is 3.02. The second kappa shape index (κ2) is 4.84. The summed E-state index contributed by atoms with van der Waals surface area (Å²) in [6.07, 6.45) is 4.16. The summed E-state index contributed by atoms with van der Waals surface area (Å²) in [6, 6.07) is -0.0244. The van der Waals surface area contributed by atoms with Crippen LogP contribution in [-0.2, 0) is 16.9 Å². The standard InChI is InChI=1S/C12H16BrN3O3S/c1-15-6-10(13)11(14-15)12(17)16(8-2-3-8)9-4-5-20(18,19)7-9/h6,8-9H,2-5,7H2,1H3. The smallest absolute Gasteiger partial charge is 0.276 e. The van der Waals surface area contributed by atoms with Gasteiger partial charge in [-0.2, -0.15) is 5.10 Å². The Kier molecular flexibility index (Phi) is 3.40. The third-order valence-electron chi connectivity index (χ3n) is 3.76. The summed E-state index contributed by atoms with van der Waals surface area (Å²) in [5.41, 5.74) is 0.365. The number of rotatable bonds is 3. The van der Waals surface area contributed by atoms with E-state index in [0.29, 0.717) is 16.6 Å². The average molecular weight is 362 g/mol. The van der Waals surface area contributed by atoms with Crippen LogP contribution in [0.5, 0.6) is 0 Å². The highest BCUT2D eigenvalue weighted by Gasteiger charge is 2.43. The highest BCUT2D eigenvalue weighted by molar-refractivity contribution is 9.10. The summed E-state index contributed by atoms with van der Waals surface area (Å²) in [5.74, 6) is 0.0964. The zero-order valence-electron chi connectivity index (χ0n) is 11.1. The van der Waals surface area contributed by atoms with E-state index < -0.39 is 9.84 Å². The van der Waals surface area contributed by atoms with Crippen molar-refractivity contribution in [3.63, 3.8) is 0 Å². The van der Waals surface area contributed by atoms with Crippen LogP contribution < -0.4 is 0 Å². The van der Waals surface area contributed by atoms with Gasteiger partial charge in [0.2, 0.25) is 0 Å². The van der Waals surface area contributed by atoms with Crippen molar-refractivity contribution in [2.75, 3.05) is 11.5 Å². The molecule has 1 atom stereocenters. The van der Waals surface area contributed by atoms with E-state index >= 15 is 0 Å². The molecule has 1 aromatic heterocycles. The molecule has 110 valence electrons. The molecule has 1 amide bonds. The SMILES string of the molecule is Cn1cc(Br)c(C(=O)N(C2CC2)C2CCS(=O)(=O)C2)n1. The summed E-state index contributed by atoms with van der Waals surface area (Å²) in [7, 11) is -1.25. The minimum Gasteiger partial charge on any atom is -0.330 e. The quantitative estimate of drug-likeness (QED) is 0.804. The van der Waals surface area contributed by atoms with Crippen molar-refractivity contribution < 1.29 is 13.2 Å². The van der Waals surface area contributed by atoms with Gasteiger partial charge in [-0.05, 0) is 35.2 Å². The molecule has 2 aliphatic rings. The number of carbonyl (C=O) groups is 1. The molecule has 0 spiro atoms. The summed E-state index contributed by atoms with van der Waals surface area (Å²) in [5, 5.41) is 4.18. The molecular formula is C12H16BrN3O3S. The van der Waals surface area contributed by atoms with Crippen molar-refractivity contribution in [1.82, 2.24) is 14.7 Å². The maximum Gasteiger partial charge on any atom is 0.276 e. The van der Waals surface area contributed by atoms with Crippen molar-refractivity contribution in [3.05, 3.63) is 16.4 Å². The lowest BCUT2D eigenvalue weighted by molar-refractivity contribution is 0.0673. The minimum absolute atomic E-state index is 0.0830. The fraction of sp³-hybridized carbons (Fsp3) is 0.667. The van der Waals surface area contributed by atoms with Crippen LogP contribution in [0.15, 0.2) is 10.7 Å². The highest BCUT2D eigenvalue weighted by Crippen LogP contribution is 2.34. The summed E-state index contributed by atoms with van der Waals surface area (Å²) >= 11 is 3.34. The van der Waals surface area contributed by atoms with Crippen LogP contribution in [-0.4, -0.2) is 52.6 Å². The number of sulfone groups is 1. The number of hydrogen-bond donors (Lipinski definition) is 0. The lowest BCUT2D eigenvalue weighted by atomic mass is 10.2. The molecule has 8 heteroatoms. The maximum absolute atomic E-state index is 12.7. The molecule has 1 aromatic rings. The molecule has 6 nitrogen and oxygen atoms in total. The summed E-state index contributed by atoms with van der Waals surface area (Å²) < 4.78 is 25.5. The zero-order valence-corrected chi connectivity index (χ0v) is 13.5. The molecular weight excluding hydrogens is 346 g/mol.